The number of hydrogen-bond acceptors (Lipinski definition) is 2. The van der Waals surface area contributed by atoms with Gasteiger partial charge in [0.05, 0.1) is 6.07 Å². The van der Waals surface area contributed by atoms with Crippen LogP contribution < -0.4 is 0 Å². The molecular formula is C5H4ClNO. The van der Waals surface area contributed by atoms with E-state index in [0.29, 0.717) is 12.8 Å². The zero-order chi connectivity index (χ0) is 6.20. The SMILES string of the molecule is N#CC1(C(=O)Cl)CC1. The fourth-order valence-electron chi connectivity index (χ4n) is 0.477. The Morgan fingerprint density at radius 2 is 2.25 bits per heavy atom. The van der Waals surface area contributed by atoms with E-state index in [1.807, 2.05) is 6.07 Å². The van der Waals surface area contributed by atoms with E-state index in [0.717, 1.165) is 0 Å². The van der Waals surface area contributed by atoms with Gasteiger partial charge in [-0.2, -0.15) is 5.26 Å². The van der Waals surface area contributed by atoms with Gasteiger partial charge in [-0.25, -0.2) is 0 Å². The molecule has 0 aromatic heterocycles. The van der Waals surface area contributed by atoms with Gasteiger partial charge in [-0.05, 0) is 24.4 Å². The van der Waals surface area contributed by atoms with Crippen LogP contribution >= 0.6 is 11.6 Å². The minimum Gasteiger partial charge on any atom is -0.279 e. The first-order chi connectivity index (χ1) is 3.71. The second-order valence-electron chi connectivity index (χ2n) is 1.97. The lowest BCUT2D eigenvalue weighted by atomic mass is 10.2. The highest BCUT2D eigenvalue weighted by molar-refractivity contribution is 6.65. The van der Waals surface area contributed by atoms with Crippen molar-refractivity contribution in [2.75, 3.05) is 0 Å². The van der Waals surface area contributed by atoms with Crippen molar-refractivity contribution in [2.24, 2.45) is 5.41 Å². The summed E-state index contributed by atoms with van der Waals surface area (Å²) in [6, 6.07) is 1.87. The maximum atomic E-state index is 10.3. The molecule has 1 aliphatic rings. The molecule has 8 heavy (non-hydrogen) atoms. The van der Waals surface area contributed by atoms with Crippen LogP contribution in [0.3, 0.4) is 0 Å². The van der Waals surface area contributed by atoms with Crippen molar-refractivity contribution in [2.45, 2.75) is 12.8 Å². The molecule has 0 bridgehead atoms. The Labute approximate surface area is 52.1 Å². The molecular weight excluding hydrogens is 126 g/mol. The van der Waals surface area contributed by atoms with E-state index in [2.05, 4.69) is 0 Å². The molecule has 0 aliphatic heterocycles. The lowest BCUT2D eigenvalue weighted by Crippen LogP contribution is -2.04. The summed E-state index contributed by atoms with van der Waals surface area (Å²) in [7, 11) is 0. The second-order valence-corrected chi connectivity index (χ2v) is 2.31. The van der Waals surface area contributed by atoms with Crippen molar-refractivity contribution in [1.29, 1.82) is 5.26 Å². The summed E-state index contributed by atoms with van der Waals surface area (Å²) in [6.45, 7) is 0. The molecule has 0 aromatic rings. The Morgan fingerprint density at radius 1 is 1.75 bits per heavy atom. The molecule has 2 nitrogen and oxygen atoms in total. The number of carbonyl (C=O) groups excluding carboxylic acids is 1. The van der Waals surface area contributed by atoms with Crippen molar-refractivity contribution >= 4 is 16.8 Å². The number of halogens is 1. The highest BCUT2D eigenvalue weighted by Gasteiger charge is 2.49. The molecule has 0 radical (unpaired) electrons. The zero-order valence-corrected chi connectivity index (χ0v) is 4.90. The molecule has 0 heterocycles. The smallest absolute Gasteiger partial charge is 0.241 e. The summed E-state index contributed by atoms with van der Waals surface area (Å²) < 4.78 is 0. The first-order valence-corrected chi connectivity index (χ1v) is 2.70. The van der Waals surface area contributed by atoms with Gasteiger partial charge in [0.25, 0.3) is 0 Å². The quantitative estimate of drug-likeness (QED) is 0.497. The van der Waals surface area contributed by atoms with Crippen LogP contribution in [0.25, 0.3) is 0 Å². The Balaban J connectivity index is 2.71. The summed E-state index contributed by atoms with van der Waals surface area (Å²) in [5.74, 6) is 0. The minimum absolute atomic E-state index is 0.500. The van der Waals surface area contributed by atoms with Crippen LogP contribution in [0.1, 0.15) is 12.8 Å². The first kappa shape index (κ1) is 5.58. The van der Waals surface area contributed by atoms with Crippen LogP contribution in [-0.2, 0) is 4.79 Å². The topological polar surface area (TPSA) is 40.9 Å². The Kier molecular flexibility index (Phi) is 1.02. The molecule has 0 spiro atoms. The molecule has 1 aliphatic carbocycles. The van der Waals surface area contributed by atoms with E-state index in [1.54, 1.807) is 0 Å². The summed E-state index contributed by atoms with van der Waals surface area (Å²) in [5, 5.41) is 7.77. The summed E-state index contributed by atoms with van der Waals surface area (Å²) in [6.07, 6.45) is 1.29. The largest absolute Gasteiger partial charge is 0.279 e. The van der Waals surface area contributed by atoms with Crippen LogP contribution in [0.4, 0.5) is 0 Å². The average molecular weight is 130 g/mol. The predicted octanol–water partition coefficient (Wildman–Crippen LogP) is 1.06. The summed E-state index contributed by atoms with van der Waals surface area (Å²) in [4.78, 5) is 10.3. The van der Waals surface area contributed by atoms with Crippen LogP contribution in [0.2, 0.25) is 0 Å². The lowest BCUT2D eigenvalue weighted by molar-refractivity contribution is -0.114. The lowest BCUT2D eigenvalue weighted by Gasteiger charge is -1.90. The van der Waals surface area contributed by atoms with Gasteiger partial charge in [-0.1, -0.05) is 0 Å². The molecule has 0 N–H and O–H groups in total. The van der Waals surface area contributed by atoms with Crippen molar-refractivity contribution in [3.8, 4) is 6.07 Å². The molecule has 1 rings (SSSR count). The van der Waals surface area contributed by atoms with Crippen LogP contribution in [-0.4, -0.2) is 5.24 Å². The minimum atomic E-state index is -0.776. The fraction of sp³-hybridized carbons (Fsp3) is 0.600. The van der Waals surface area contributed by atoms with Gasteiger partial charge >= 0.3 is 0 Å². The van der Waals surface area contributed by atoms with E-state index in [1.165, 1.54) is 0 Å². The molecule has 0 saturated heterocycles. The van der Waals surface area contributed by atoms with Gasteiger partial charge in [0.2, 0.25) is 5.24 Å². The molecule has 42 valence electrons. The van der Waals surface area contributed by atoms with Crippen molar-refractivity contribution < 1.29 is 4.79 Å². The monoisotopic (exact) mass is 129 g/mol. The van der Waals surface area contributed by atoms with E-state index in [9.17, 15) is 4.79 Å². The van der Waals surface area contributed by atoms with Gasteiger partial charge in [-0.15, -0.1) is 0 Å². The average Bonchev–Trinajstić information content (AvgIpc) is 2.44. The maximum Gasteiger partial charge on any atom is 0.241 e. The summed E-state index contributed by atoms with van der Waals surface area (Å²) >= 11 is 5.07. The number of rotatable bonds is 1. The van der Waals surface area contributed by atoms with Gasteiger partial charge in [0.15, 0.2) is 0 Å². The molecule has 0 amide bonds. The molecule has 3 heteroatoms. The molecule has 0 aromatic carbocycles. The molecule has 1 fully saturated rings. The Morgan fingerprint density at radius 3 is 2.25 bits per heavy atom. The first-order valence-electron chi connectivity index (χ1n) is 2.32. The predicted molar refractivity (Wildman–Crippen MR) is 28.1 cm³/mol. The second kappa shape index (κ2) is 1.46. The fourth-order valence-corrected chi connectivity index (χ4v) is 0.709. The highest BCUT2D eigenvalue weighted by Crippen LogP contribution is 2.46. The number of hydrogen-bond donors (Lipinski definition) is 0. The van der Waals surface area contributed by atoms with Crippen LogP contribution in [0.15, 0.2) is 0 Å². The van der Waals surface area contributed by atoms with Crippen LogP contribution in [0.5, 0.6) is 0 Å². The maximum absolute atomic E-state index is 10.3. The Hall–Kier alpha value is -0.550. The number of nitriles is 1. The Bertz CT molecular complexity index is 166. The molecule has 0 unspecified atom stereocenters. The van der Waals surface area contributed by atoms with Gasteiger partial charge in [0.1, 0.15) is 5.41 Å². The van der Waals surface area contributed by atoms with E-state index >= 15 is 0 Å². The van der Waals surface area contributed by atoms with Gasteiger partial charge in [-0.3, -0.25) is 4.79 Å². The van der Waals surface area contributed by atoms with E-state index in [-0.39, 0.29) is 0 Å². The molecule has 0 atom stereocenters. The third-order valence-corrected chi connectivity index (χ3v) is 1.70. The van der Waals surface area contributed by atoms with Gasteiger partial charge < -0.3 is 0 Å². The third-order valence-electron chi connectivity index (χ3n) is 1.34. The zero-order valence-electron chi connectivity index (χ0n) is 4.15. The third kappa shape index (κ3) is 0.597. The number of carbonyl (C=O) groups is 1. The van der Waals surface area contributed by atoms with Crippen molar-refractivity contribution in [1.82, 2.24) is 0 Å². The van der Waals surface area contributed by atoms with Gasteiger partial charge in [0, 0.05) is 0 Å². The molecule has 1 saturated carbocycles. The van der Waals surface area contributed by atoms with Crippen molar-refractivity contribution in [3.05, 3.63) is 0 Å². The van der Waals surface area contributed by atoms with E-state index < -0.39 is 10.7 Å². The van der Waals surface area contributed by atoms with E-state index in [4.69, 9.17) is 16.9 Å². The highest BCUT2D eigenvalue weighted by atomic mass is 35.5. The number of nitrogens with zero attached hydrogens (tertiary/aromatic N) is 1. The van der Waals surface area contributed by atoms with Crippen LogP contribution in [0, 0.1) is 16.7 Å². The standard InChI is InChI=1S/C5H4ClNO/c6-4(8)5(3-7)1-2-5/h1-2H2. The summed E-state index contributed by atoms with van der Waals surface area (Å²) in [5.41, 5.74) is -0.776. The van der Waals surface area contributed by atoms with Crippen molar-refractivity contribution in [3.63, 3.8) is 0 Å². The normalized spacial score (nSPS) is 21.5.